The molecule has 2 saturated carbocycles. The van der Waals surface area contributed by atoms with E-state index in [2.05, 4.69) is 5.32 Å². The monoisotopic (exact) mass is 869 g/mol. The fraction of sp³-hybridized carbons (Fsp3) is 0.479. The highest BCUT2D eigenvalue weighted by atomic mass is 16.6. The van der Waals surface area contributed by atoms with Crippen LogP contribution in [0.5, 0.6) is 0 Å². The smallest absolute Gasteiger partial charge is 0.338 e. The molecule has 336 valence electrons. The fourth-order valence-corrected chi connectivity index (χ4v) is 10.8. The summed E-state index contributed by atoms with van der Waals surface area (Å²) in [6.45, 7) is 8.71. The second-order valence-electron chi connectivity index (χ2n) is 17.8. The maximum absolute atomic E-state index is 14.4. The Kier molecular flexibility index (Phi) is 12.5. The molecule has 1 unspecified atom stereocenters. The highest BCUT2D eigenvalue weighted by Crippen LogP contribution is 2.65. The molecule has 3 fully saturated rings. The summed E-state index contributed by atoms with van der Waals surface area (Å²) in [5.41, 5.74) is -5.89. The van der Waals surface area contributed by atoms with Crippen molar-refractivity contribution in [1.82, 2.24) is 5.32 Å². The predicted molar refractivity (Wildman–Crippen MR) is 223 cm³/mol. The molecule has 7 rings (SSSR count). The Balaban J connectivity index is 1.40. The highest BCUT2D eigenvalue weighted by molar-refractivity contribution is 5.95. The minimum atomic E-state index is -2.30. The molecular formula is C48H55NO14. The van der Waals surface area contributed by atoms with Crippen LogP contribution in [0.15, 0.2) is 102 Å². The highest BCUT2D eigenvalue weighted by Gasteiger charge is 2.78. The third-order valence-corrected chi connectivity index (χ3v) is 14.0. The third-order valence-electron chi connectivity index (χ3n) is 14.0. The molecule has 0 spiro atoms. The Morgan fingerprint density at radius 3 is 1.95 bits per heavy atom. The average molecular weight is 870 g/mol. The molecule has 3 aliphatic carbocycles. The van der Waals surface area contributed by atoms with Crippen molar-refractivity contribution in [3.8, 4) is 0 Å². The number of nitrogens with one attached hydrogen (secondary N) is 1. The van der Waals surface area contributed by atoms with Crippen molar-refractivity contribution in [2.45, 2.75) is 114 Å². The lowest BCUT2D eigenvalue weighted by molar-refractivity contribution is -0.366. The quantitative estimate of drug-likeness (QED) is 0.121. The summed E-state index contributed by atoms with van der Waals surface area (Å²) in [4.78, 5) is 68.5. The summed E-state index contributed by atoms with van der Waals surface area (Å²) in [6.07, 6.45) is -10.5. The molecule has 15 heteroatoms. The molecule has 1 saturated heterocycles. The fourth-order valence-electron chi connectivity index (χ4n) is 10.8. The SMILES string of the molecule is CO[C@H]1CC2OC[C@@]2(OC(C)=O)[C@H]2[C@H](OC(=O)c3ccccc3)[C@]3(O)C[C@H](OC(=O)[C@H](O)[C@@H](NC(=O)c4ccccc4)c4ccccc4)C(C)=C([C@@H](OC(C)=O)[C@H](O)[C@]12C)C3(C)C. The van der Waals surface area contributed by atoms with E-state index in [9.17, 15) is 39.3 Å². The van der Waals surface area contributed by atoms with Crippen molar-refractivity contribution in [2.75, 3.05) is 13.7 Å². The minimum Gasteiger partial charge on any atom is -0.456 e. The number of hydrogen-bond donors (Lipinski definition) is 4. The zero-order chi connectivity index (χ0) is 45.6. The normalized spacial score (nSPS) is 32.7. The van der Waals surface area contributed by atoms with Gasteiger partial charge in [0.25, 0.3) is 5.91 Å². The Morgan fingerprint density at radius 2 is 1.41 bits per heavy atom. The van der Waals surface area contributed by atoms with Gasteiger partial charge in [0.2, 0.25) is 0 Å². The van der Waals surface area contributed by atoms with Gasteiger partial charge in [0.05, 0.1) is 30.2 Å². The number of ether oxygens (including phenoxy) is 6. The van der Waals surface area contributed by atoms with Gasteiger partial charge in [0.15, 0.2) is 17.8 Å². The van der Waals surface area contributed by atoms with Crippen molar-refractivity contribution >= 4 is 29.8 Å². The Morgan fingerprint density at radius 1 is 0.825 bits per heavy atom. The first-order valence-electron chi connectivity index (χ1n) is 21.0. The standard InChI is InChI=1S/C48H55NO14/c1-26-32(61-44(56)37(52)36(29-17-11-8-12-18-29)49-42(54)30-19-13-9-14-20-30)24-48(57)41(62-43(55)31-21-15-10-16-22-31)39-46(6,40(53)38(60-27(2)50)35(26)45(48,4)5)33(58-7)23-34-47(39,25-59-34)63-28(3)51/h8-22,32-34,36-41,52-53,57H,23-25H2,1-7H3,(H,49,54)/t32-,33-,34?,36-,37+,38+,39-,40-,41-,46+,47-,48+/m0/s1. The van der Waals surface area contributed by atoms with Gasteiger partial charge >= 0.3 is 23.9 Å². The van der Waals surface area contributed by atoms with E-state index in [4.69, 9.17) is 28.4 Å². The van der Waals surface area contributed by atoms with Crippen LogP contribution >= 0.6 is 0 Å². The summed E-state index contributed by atoms with van der Waals surface area (Å²) < 4.78 is 37.1. The number of carbonyl (C=O) groups is 5. The second kappa shape index (κ2) is 17.3. The van der Waals surface area contributed by atoms with E-state index in [1.54, 1.807) is 107 Å². The first-order chi connectivity index (χ1) is 29.8. The lowest BCUT2D eigenvalue weighted by Gasteiger charge is -2.69. The number of hydrogen-bond acceptors (Lipinski definition) is 14. The first-order valence-corrected chi connectivity index (χ1v) is 21.0. The summed E-state index contributed by atoms with van der Waals surface area (Å²) in [6, 6.07) is 23.3. The van der Waals surface area contributed by atoms with E-state index < -0.39 is 113 Å². The number of esters is 4. The Bertz CT molecular complexity index is 2250. The maximum Gasteiger partial charge on any atom is 0.338 e. The van der Waals surface area contributed by atoms with Crippen LogP contribution < -0.4 is 5.32 Å². The number of aliphatic hydroxyl groups is 3. The molecule has 0 radical (unpaired) electrons. The number of fused-ring (bicyclic) bond motifs is 5. The Hall–Kier alpha value is -5.45. The molecule has 1 amide bonds. The molecule has 4 N–H and O–H groups in total. The molecule has 12 atom stereocenters. The number of aliphatic hydroxyl groups excluding tert-OH is 2. The molecule has 15 nitrogen and oxygen atoms in total. The van der Waals surface area contributed by atoms with Gasteiger partial charge in [0, 0.05) is 50.2 Å². The lowest BCUT2D eigenvalue weighted by atomic mass is 9.44. The topological polar surface area (TPSA) is 213 Å². The van der Waals surface area contributed by atoms with Crippen LogP contribution in [-0.2, 0) is 42.8 Å². The summed E-state index contributed by atoms with van der Waals surface area (Å²) in [5.74, 6) is -5.43. The summed E-state index contributed by atoms with van der Waals surface area (Å²) in [7, 11) is 1.43. The van der Waals surface area contributed by atoms with Gasteiger partial charge in [-0.15, -0.1) is 0 Å². The maximum atomic E-state index is 14.4. The molecule has 1 aliphatic heterocycles. The predicted octanol–water partition coefficient (Wildman–Crippen LogP) is 4.18. The molecule has 63 heavy (non-hydrogen) atoms. The minimum absolute atomic E-state index is 0.0986. The van der Waals surface area contributed by atoms with Gasteiger partial charge in [-0.1, -0.05) is 87.5 Å². The van der Waals surface area contributed by atoms with Gasteiger partial charge in [-0.2, -0.15) is 0 Å². The van der Waals surface area contributed by atoms with Gasteiger partial charge in [-0.3, -0.25) is 14.4 Å². The van der Waals surface area contributed by atoms with Crippen molar-refractivity contribution in [3.63, 3.8) is 0 Å². The van der Waals surface area contributed by atoms with Crippen LogP contribution in [0.4, 0.5) is 0 Å². The van der Waals surface area contributed by atoms with Gasteiger partial charge in [0.1, 0.15) is 30.0 Å². The second-order valence-corrected chi connectivity index (χ2v) is 17.8. The lowest BCUT2D eigenvalue weighted by Crippen LogP contribution is -2.82. The van der Waals surface area contributed by atoms with Crippen molar-refractivity contribution in [3.05, 3.63) is 119 Å². The number of rotatable bonds is 11. The van der Waals surface area contributed by atoms with Crippen molar-refractivity contribution in [2.24, 2.45) is 16.7 Å². The molecule has 3 aromatic rings. The zero-order valence-corrected chi connectivity index (χ0v) is 36.3. The molecule has 0 aromatic heterocycles. The Labute approximate surface area is 365 Å². The van der Waals surface area contributed by atoms with Crippen molar-refractivity contribution in [1.29, 1.82) is 0 Å². The summed E-state index contributed by atoms with van der Waals surface area (Å²) >= 11 is 0. The van der Waals surface area contributed by atoms with Gasteiger partial charge < -0.3 is 49.1 Å². The van der Waals surface area contributed by atoms with Gasteiger partial charge in [-0.05, 0) is 47.9 Å². The number of amides is 1. The molecule has 1 heterocycles. The van der Waals surface area contributed by atoms with E-state index in [1.807, 2.05) is 0 Å². The van der Waals surface area contributed by atoms with Crippen LogP contribution in [0.3, 0.4) is 0 Å². The van der Waals surface area contributed by atoms with Gasteiger partial charge in [-0.25, -0.2) is 9.59 Å². The zero-order valence-electron chi connectivity index (χ0n) is 36.3. The van der Waals surface area contributed by atoms with E-state index in [0.29, 0.717) is 5.56 Å². The molecular weight excluding hydrogens is 815 g/mol. The van der Waals surface area contributed by atoms with E-state index >= 15 is 0 Å². The van der Waals surface area contributed by atoms with Crippen LogP contribution in [0, 0.1) is 16.7 Å². The van der Waals surface area contributed by atoms with Crippen LogP contribution in [-0.4, -0.2) is 113 Å². The number of carbonyl (C=O) groups excluding carboxylic acids is 5. The van der Waals surface area contributed by atoms with Crippen LogP contribution in [0.2, 0.25) is 0 Å². The molecule has 4 aliphatic rings. The number of methoxy groups -OCH3 is 1. The van der Waals surface area contributed by atoms with Crippen molar-refractivity contribution < 1.29 is 67.7 Å². The van der Waals surface area contributed by atoms with Crippen LogP contribution in [0.25, 0.3) is 0 Å². The largest absolute Gasteiger partial charge is 0.456 e. The van der Waals surface area contributed by atoms with E-state index in [-0.39, 0.29) is 35.3 Å². The third kappa shape index (κ3) is 7.73. The van der Waals surface area contributed by atoms with Crippen LogP contribution in [0.1, 0.15) is 86.7 Å². The average Bonchev–Trinajstić information content (AvgIpc) is 3.25. The number of benzene rings is 3. The molecule has 2 bridgehead atoms. The molecule has 3 aromatic carbocycles. The van der Waals surface area contributed by atoms with E-state index in [0.717, 1.165) is 0 Å². The van der Waals surface area contributed by atoms with E-state index in [1.165, 1.54) is 33.1 Å². The summed E-state index contributed by atoms with van der Waals surface area (Å²) in [5, 5.41) is 41.4. The first kappa shape index (κ1) is 45.6.